The van der Waals surface area contributed by atoms with Gasteiger partial charge in [-0.2, -0.15) is 0 Å². The van der Waals surface area contributed by atoms with Crippen LogP contribution in [0.15, 0.2) is 52.3 Å². The lowest BCUT2D eigenvalue weighted by atomic mass is 10.1. The van der Waals surface area contributed by atoms with Crippen LogP contribution in [0.1, 0.15) is 12.0 Å². The number of aromatic hydroxyl groups is 1. The van der Waals surface area contributed by atoms with E-state index < -0.39 is 15.4 Å². The number of hydrogen-bond donors (Lipinski definition) is 1. The summed E-state index contributed by atoms with van der Waals surface area (Å²) in [4.78, 5) is 17.7. The van der Waals surface area contributed by atoms with Gasteiger partial charge in [0.1, 0.15) is 11.5 Å². The maximum absolute atomic E-state index is 13.3. The lowest BCUT2D eigenvalue weighted by Gasteiger charge is -2.17. The first kappa shape index (κ1) is 20.9. The normalized spacial score (nSPS) is 17.9. The molecule has 1 N–H and O–H groups in total. The smallest absolute Gasteiger partial charge is 0.265 e. The summed E-state index contributed by atoms with van der Waals surface area (Å²) in [6.45, 7) is 0. The molecule has 1 atom stereocenters. The number of pyridine rings is 1. The van der Waals surface area contributed by atoms with Crippen molar-refractivity contribution in [1.82, 2.24) is 4.57 Å². The van der Waals surface area contributed by atoms with Gasteiger partial charge >= 0.3 is 0 Å². The second-order valence-corrected chi connectivity index (χ2v) is 9.52. The molecule has 1 saturated heterocycles. The number of nitrogens with zero attached hydrogens (tertiary/aromatic N) is 2. The molecule has 0 amide bonds. The van der Waals surface area contributed by atoms with Crippen LogP contribution in [0.2, 0.25) is 0 Å². The zero-order valence-electron chi connectivity index (χ0n) is 17.1. The van der Waals surface area contributed by atoms with Gasteiger partial charge in [0.15, 0.2) is 9.84 Å². The molecule has 2 heterocycles. The van der Waals surface area contributed by atoms with E-state index in [4.69, 9.17) is 9.47 Å². The van der Waals surface area contributed by atoms with Crippen LogP contribution in [0, 0.1) is 0 Å². The monoisotopic (exact) mass is 442 g/mol. The SMILES string of the molecule is COc1ccc(OC)c(-n2c(O)c(C=N[C@H]3CCS(=O)(=O)C3)c3ccccc3c2=O)c1. The molecule has 0 aliphatic carbocycles. The third kappa shape index (κ3) is 3.88. The second kappa shape index (κ2) is 8.07. The average Bonchev–Trinajstić information content (AvgIpc) is 3.12. The zero-order valence-corrected chi connectivity index (χ0v) is 17.9. The lowest BCUT2D eigenvalue weighted by Crippen LogP contribution is -2.21. The van der Waals surface area contributed by atoms with Gasteiger partial charge in [-0.3, -0.25) is 9.79 Å². The van der Waals surface area contributed by atoms with Crippen molar-refractivity contribution in [2.45, 2.75) is 12.5 Å². The Hall–Kier alpha value is -3.33. The van der Waals surface area contributed by atoms with Crippen LogP contribution in [0.3, 0.4) is 0 Å². The first-order chi connectivity index (χ1) is 14.8. The van der Waals surface area contributed by atoms with Crippen molar-refractivity contribution in [2.24, 2.45) is 4.99 Å². The summed E-state index contributed by atoms with van der Waals surface area (Å²) >= 11 is 0. The number of hydrogen-bond acceptors (Lipinski definition) is 7. The van der Waals surface area contributed by atoms with Gasteiger partial charge in [0, 0.05) is 23.1 Å². The second-order valence-electron chi connectivity index (χ2n) is 7.30. The molecule has 0 saturated carbocycles. The van der Waals surface area contributed by atoms with Crippen LogP contribution >= 0.6 is 0 Å². The number of methoxy groups -OCH3 is 2. The van der Waals surface area contributed by atoms with E-state index in [1.807, 2.05) is 0 Å². The van der Waals surface area contributed by atoms with E-state index in [1.165, 1.54) is 20.4 Å². The molecule has 4 rings (SSSR count). The number of fused-ring (bicyclic) bond motifs is 1. The Morgan fingerprint density at radius 2 is 1.87 bits per heavy atom. The standard InChI is InChI=1S/C22H22N2O6S/c1-29-15-7-8-20(30-2)19(11-15)24-21(25)17-6-4-3-5-16(17)18(22(24)26)12-23-14-9-10-31(27,28)13-14/h3-8,11-12,14,26H,9-10,13H2,1-2H3/t14-/m0/s1. The third-order valence-corrected chi connectivity index (χ3v) is 7.10. The van der Waals surface area contributed by atoms with Crippen molar-refractivity contribution in [3.63, 3.8) is 0 Å². The van der Waals surface area contributed by atoms with E-state index in [-0.39, 0.29) is 23.4 Å². The molecule has 1 aromatic heterocycles. The molecular weight excluding hydrogens is 420 g/mol. The quantitative estimate of drug-likeness (QED) is 0.608. The molecule has 9 heteroatoms. The van der Waals surface area contributed by atoms with Crippen LogP contribution in [0.25, 0.3) is 16.5 Å². The van der Waals surface area contributed by atoms with Crippen molar-refractivity contribution in [1.29, 1.82) is 0 Å². The summed E-state index contributed by atoms with van der Waals surface area (Å²) < 4.78 is 35.3. The van der Waals surface area contributed by atoms with Crippen LogP contribution in [-0.4, -0.2) is 56.1 Å². The van der Waals surface area contributed by atoms with Gasteiger partial charge in [-0.1, -0.05) is 18.2 Å². The summed E-state index contributed by atoms with van der Waals surface area (Å²) in [7, 11) is -0.117. The first-order valence-electron chi connectivity index (χ1n) is 9.67. The zero-order chi connectivity index (χ0) is 22.2. The molecule has 0 spiro atoms. The largest absolute Gasteiger partial charge is 0.497 e. The Kier molecular flexibility index (Phi) is 5.45. The molecule has 0 radical (unpaired) electrons. The molecule has 1 aliphatic rings. The number of benzene rings is 2. The van der Waals surface area contributed by atoms with Gasteiger partial charge in [0.25, 0.3) is 5.56 Å². The van der Waals surface area contributed by atoms with Crippen molar-refractivity contribution < 1.29 is 23.0 Å². The van der Waals surface area contributed by atoms with Gasteiger partial charge in [-0.25, -0.2) is 13.0 Å². The summed E-state index contributed by atoms with van der Waals surface area (Å²) in [6.07, 6.45) is 1.88. The predicted molar refractivity (Wildman–Crippen MR) is 119 cm³/mol. The summed E-state index contributed by atoms with van der Waals surface area (Å²) in [5, 5.41) is 12.0. The molecule has 8 nitrogen and oxygen atoms in total. The van der Waals surface area contributed by atoms with Crippen LogP contribution < -0.4 is 15.0 Å². The molecular formula is C22H22N2O6S. The number of aliphatic imine (C=N–C) groups is 1. The maximum Gasteiger partial charge on any atom is 0.265 e. The fourth-order valence-corrected chi connectivity index (χ4v) is 5.39. The highest BCUT2D eigenvalue weighted by Gasteiger charge is 2.27. The number of rotatable bonds is 5. The van der Waals surface area contributed by atoms with Gasteiger partial charge in [0.05, 0.1) is 43.0 Å². The van der Waals surface area contributed by atoms with Crippen molar-refractivity contribution in [3.05, 3.63) is 58.4 Å². The van der Waals surface area contributed by atoms with Gasteiger partial charge in [-0.05, 0) is 24.6 Å². The Balaban J connectivity index is 1.96. The topological polar surface area (TPSA) is 107 Å². The van der Waals surface area contributed by atoms with E-state index in [0.717, 1.165) is 4.57 Å². The number of aromatic nitrogens is 1. The molecule has 0 unspecified atom stereocenters. The summed E-state index contributed by atoms with van der Waals surface area (Å²) in [5.41, 5.74) is 0.206. The molecule has 31 heavy (non-hydrogen) atoms. The van der Waals surface area contributed by atoms with Gasteiger partial charge in [0.2, 0.25) is 5.88 Å². The van der Waals surface area contributed by atoms with E-state index in [1.54, 1.807) is 42.5 Å². The van der Waals surface area contributed by atoms with E-state index in [9.17, 15) is 18.3 Å². The van der Waals surface area contributed by atoms with Crippen LogP contribution in [-0.2, 0) is 9.84 Å². The molecule has 1 fully saturated rings. The van der Waals surface area contributed by atoms with Crippen molar-refractivity contribution >= 4 is 26.8 Å². The first-order valence-corrected chi connectivity index (χ1v) is 11.5. The fraction of sp³-hybridized carbons (Fsp3) is 0.273. The average molecular weight is 442 g/mol. The Morgan fingerprint density at radius 3 is 2.52 bits per heavy atom. The lowest BCUT2D eigenvalue weighted by molar-refractivity contribution is 0.395. The fourth-order valence-electron chi connectivity index (χ4n) is 3.76. The van der Waals surface area contributed by atoms with Gasteiger partial charge < -0.3 is 14.6 Å². The van der Waals surface area contributed by atoms with Crippen LogP contribution in [0.4, 0.5) is 0 Å². The van der Waals surface area contributed by atoms with E-state index in [0.29, 0.717) is 39.9 Å². The third-order valence-electron chi connectivity index (χ3n) is 5.35. The highest BCUT2D eigenvalue weighted by atomic mass is 32.2. The minimum atomic E-state index is -3.09. The van der Waals surface area contributed by atoms with E-state index in [2.05, 4.69) is 4.99 Å². The summed E-state index contributed by atoms with van der Waals surface area (Å²) in [6, 6.07) is 11.4. The Labute approximate surface area is 179 Å². The number of sulfone groups is 1. The predicted octanol–water partition coefficient (Wildman–Crippen LogP) is 2.32. The van der Waals surface area contributed by atoms with Crippen molar-refractivity contribution in [3.8, 4) is 23.1 Å². The van der Waals surface area contributed by atoms with Crippen LogP contribution in [0.5, 0.6) is 17.4 Å². The van der Waals surface area contributed by atoms with E-state index >= 15 is 0 Å². The highest BCUT2D eigenvalue weighted by molar-refractivity contribution is 7.91. The minimum absolute atomic E-state index is 0.0223. The van der Waals surface area contributed by atoms with Gasteiger partial charge in [-0.15, -0.1) is 0 Å². The number of ether oxygens (including phenoxy) is 2. The van der Waals surface area contributed by atoms with Crippen molar-refractivity contribution in [2.75, 3.05) is 25.7 Å². The molecule has 1 aliphatic heterocycles. The molecule has 162 valence electrons. The molecule has 2 aromatic carbocycles. The maximum atomic E-state index is 13.3. The Morgan fingerprint density at radius 1 is 1.13 bits per heavy atom. The highest BCUT2D eigenvalue weighted by Crippen LogP contribution is 2.32. The minimum Gasteiger partial charge on any atom is -0.497 e. The Bertz CT molecular complexity index is 1340. The summed E-state index contributed by atoms with van der Waals surface area (Å²) in [5.74, 6) is 0.619. The molecule has 3 aromatic rings. The molecule has 0 bridgehead atoms.